The number of hydrogen-bond donors (Lipinski definition) is 0. The first-order valence-electron chi connectivity index (χ1n) is 21.5. The molecule has 0 radical (unpaired) electrons. The van der Waals surface area contributed by atoms with Crippen molar-refractivity contribution in [2.75, 3.05) is 0 Å². The Morgan fingerprint density at radius 3 is 1.30 bits per heavy atom. The van der Waals surface area contributed by atoms with Gasteiger partial charge in [0, 0.05) is 33.2 Å². The summed E-state index contributed by atoms with van der Waals surface area (Å²) in [4.78, 5) is 10.1. The van der Waals surface area contributed by atoms with Crippen LogP contribution >= 0.6 is 0 Å². The quantitative estimate of drug-likeness (QED) is 0.171. The predicted octanol–water partition coefficient (Wildman–Crippen LogP) is 14.2. The standard InChI is InChI=1S/C54H35N3/c1-3-15-36(16-4-1)40-31-33-46(44-21-9-7-19-42(40)44)50-35-51(56-54(55-50)38-17-5-2-6-18-38)47-34-32-41(43-20-8-10-22-45(43)47)37-27-29-39(30-28-37)57-52-25-13-11-23-48(52)49-24-12-14-26-53(49)57/h1-35H/i2D,5D,6D,17D,18D. The molecule has 0 unspecified atom stereocenters. The minimum absolute atomic E-state index is 0.0476. The van der Waals surface area contributed by atoms with Crippen LogP contribution < -0.4 is 0 Å². The third-order valence-electron chi connectivity index (χ3n) is 11.0. The van der Waals surface area contributed by atoms with Gasteiger partial charge >= 0.3 is 0 Å². The zero-order chi connectivity index (χ0) is 42.1. The third-order valence-corrected chi connectivity index (χ3v) is 11.0. The average molecular weight is 731 g/mol. The first-order valence-corrected chi connectivity index (χ1v) is 19.0. The topological polar surface area (TPSA) is 30.7 Å². The smallest absolute Gasteiger partial charge is 0.160 e. The molecular weight excluding hydrogens is 691 g/mol. The van der Waals surface area contributed by atoms with Gasteiger partial charge in [0.05, 0.1) is 29.3 Å². The highest BCUT2D eigenvalue weighted by molar-refractivity contribution is 6.10. The fourth-order valence-corrected chi connectivity index (χ4v) is 8.35. The highest BCUT2D eigenvalue weighted by Gasteiger charge is 2.18. The lowest BCUT2D eigenvalue weighted by molar-refractivity contribution is 1.18. The van der Waals surface area contributed by atoms with Gasteiger partial charge in [-0.25, -0.2) is 9.97 Å². The van der Waals surface area contributed by atoms with Crippen LogP contribution in [-0.4, -0.2) is 14.5 Å². The summed E-state index contributed by atoms with van der Waals surface area (Å²) in [6.45, 7) is 0. The lowest BCUT2D eigenvalue weighted by atomic mass is 9.92. The second-order valence-corrected chi connectivity index (χ2v) is 14.2. The molecule has 57 heavy (non-hydrogen) atoms. The summed E-state index contributed by atoms with van der Waals surface area (Å²) in [5, 5.41) is 6.42. The molecule has 0 spiro atoms. The van der Waals surface area contributed by atoms with Crippen molar-refractivity contribution in [1.82, 2.24) is 14.5 Å². The summed E-state index contributed by atoms with van der Waals surface area (Å²) >= 11 is 0. The molecule has 0 saturated heterocycles. The molecule has 0 bridgehead atoms. The third kappa shape index (κ3) is 5.60. The minimum Gasteiger partial charge on any atom is -0.309 e. The van der Waals surface area contributed by atoms with E-state index in [1.807, 2.05) is 54.6 Å². The largest absolute Gasteiger partial charge is 0.309 e. The van der Waals surface area contributed by atoms with Crippen molar-refractivity contribution in [2.45, 2.75) is 0 Å². The number of rotatable bonds is 6. The molecule has 0 aliphatic rings. The van der Waals surface area contributed by atoms with E-state index in [0.717, 1.165) is 71.6 Å². The van der Waals surface area contributed by atoms with Crippen LogP contribution in [0.3, 0.4) is 0 Å². The van der Waals surface area contributed by atoms with Crippen molar-refractivity contribution in [1.29, 1.82) is 0 Å². The lowest BCUT2D eigenvalue weighted by Gasteiger charge is -2.16. The Morgan fingerprint density at radius 2 is 0.772 bits per heavy atom. The van der Waals surface area contributed by atoms with Gasteiger partial charge in [-0.05, 0) is 74.1 Å². The maximum absolute atomic E-state index is 8.92. The maximum atomic E-state index is 8.92. The number of nitrogens with zero attached hydrogens (tertiary/aromatic N) is 3. The van der Waals surface area contributed by atoms with Crippen molar-refractivity contribution in [3.63, 3.8) is 0 Å². The van der Waals surface area contributed by atoms with Crippen LogP contribution in [0.1, 0.15) is 6.85 Å². The van der Waals surface area contributed by atoms with E-state index in [4.69, 9.17) is 16.8 Å². The van der Waals surface area contributed by atoms with Crippen molar-refractivity contribution < 1.29 is 6.85 Å². The first kappa shape index (κ1) is 27.9. The van der Waals surface area contributed by atoms with Crippen LogP contribution in [0.25, 0.3) is 105 Å². The van der Waals surface area contributed by atoms with E-state index in [2.05, 4.69) is 132 Å². The molecule has 0 aliphatic heterocycles. The molecule has 2 aromatic heterocycles. The fraction of sp³-hybridized carbons (Fsp3) is 0. The van der Waals surface area contributed by atoms with Crippen molar-refractivity contribution in [3.8, 4) is 61.8 Å². The number of benzene rings is 9. The van der Waals surface area contributed by atoms with Gasteiger partial charge in [0.15, 0.2) is 5.82 Å². The maximum Gasteiger partial charge on any atom is 0.160 e. The highest BCUT2D eigenvalue weighted by Crippen LogP contribution is 2.40. The normalized spacial score (nSPS) is 12.7. The second-order valence-electron chi connectivity index (χ2n) is 14.2. The molecule has 3 nitrogen and oxygen atoms in total. The van der Waals surface area contributed by atoms with Gasteiger partial charge in [-0.3, -0.25) is 0 Å². The Morgan fingerprint density at radius 1 is 0.351 bits per heavy atom. The number of fused-ring (bicyclic) bond motifs is 5. The molecule has 0 saturated carbocycles. The van der Waals surface area contributed by atoms with Gasteiger partial charge in [-0.1, -0.05) is 182 Å². The van der Waals surface area contributed by atoms with Crippen LogP contribution in [0, 0.1) is 0 Å². The molecule has 0 fully saturated rings. The summed E-state index contributed by atoms with van der Waals surface area (Å²) < 4.78 is 45.5. The Kier molecular flexibility index (Phi) is 6.65. The summed E-state index contributed by atoms with van der Waals surface area (Å²) in [6, 6.07) is 60.6. The lowest BCUT2D eigenvalue weighted by Crippen LogP contribution is -1.97. The van der Waals surface area contributed by atoms with E-state index in [1.165, 1.54) is 10.8 Å². The Bertz CT molecular complexity index is 3500. The molecule has 11 rings (SSSR count). The number of aromatic nitrogens is 3. The highest BCUT2D eigenvalue weighted by atomic mass is 15.0. The monoisotopic (exact) mass is 730 g/mol. The second kappa shape index (κ2) is 13.6. The van der Waals surface area contributed by atoms with Crippen LogP contribution in [0.15, 0.2) is 212 Å². The van der Waals surface area contributed by atoms with Gasteiger partial charge in [0.25, 0.3) is 0 Å². The summed E-state index contributed by atoms with van der Waals surface area (Å²) in [5.41, 5.74) is 10.4. The van der Waals surface area contributed by atoms with Crippen LogP contribution in [0.2, 0.25) is 0 Å². The number of para-hydroxylation sites is 2. The fourth-order valence-electron chi connectivity index (χ4n) is 8.35. The zero-order valence-electron chi connectivity index (χ0n) is 35.7. The molecule has 3 heteroatoms. The van der Waals surface area contributed by atoms with E-state index in [-0.39, 0.29) is 23.5 Å². The van der Waals surface area contributed by atoms with Gasteiger partial charge in [0.1, 0.15) is 0 Å². The molecule has 9 aromatic carbocycles. The first-order chi connectivity index (χ1) is 30.4. The van der Waals surface area contributed by atoms with E-state index < -0.39 is 18.1 Å². The molecule has 0 aliphatic carbocycles. The summed E-state index contributed by atoms with van der Waals surface area (Å²) in [6.07, 6.45) is 0. The van der Waals surface area contributed by atoms with E-state index in [0.29, 0.717) is 11.4 Å². The molecule has 266 valence electrons. The van der Waals surface area contributed by atoms with E-state index in [1.54, 1.807) is 0 Å². The summed E-state index contributed by atoms with van der Waals surface area (Å²) in [5.74, 6) is 0.0551. The molecule has 0 atom stereocenters. The van der Waals surface area contributed by atoms with Crippen LogP contribution in [0.4, 0.5) is 0 Å². The molecule has 0 N–H and O–H groups in total. The summed E-state index contributed by atoms with van der Waals surface area (Å²) in [7, 11) is 0. The Hall–Kier alpha value is -7.62. The zero-order valence-corrected chi connectivity index (χ0v) is 30.7. The molecule has 0 amide bonds. The van der Waals surface area contributed by atoms with Crippen molar-refractivity contribution >= 4 is 43.4 Å². The SMILES string of the molecule is [2H]c1c([2H])c([2H])c(-c2nc(-c3ccc(-c4ccccc4)c4ccccc34)cc(-c3ccc(-c4ccc(-n5c6ccccc6c6ccccc65)cc4)c4ccccc34)n2)c([2H])c1[2H]. The molecular formula is C54H35N3. The Balaban J connectivity index is 1.09. The van der Waals surface area contributed by atoms with Crippen LogP contribution in [0.5, 0.6) is 0 Å². The molecule has 2 heterocycles. The average Bonchev–Trinajstić information content (AvgIpc) is 3.66. The van der Waals surface area contributed by atoms with Gasteiger partial charge < -0.3 is 4.57 Å². The van der Waals surface area contributed by atoms with Gasteiger partial charge in [-0.2, -0.15) is 0 Å². The number of hydrogen-bond acceptors (Lipinski definition) is 2. The van der Waals surface area contributed by atoms with E-state index in [9.17, 15) is 0 Å². The van der Waals surface area contributed by atoms with Gasteiger partial charge in [-0.15, -0.1) is 0 Å². The van der Waals surface area contributed by atoms with Crippen LogP contribution in [-0.2, 0) is 0 Å². The van der Waals surface area contributed by atoms with Crippen molar-refractivity contribution in [2.24, 2.45) is 0 Å². The minimum atomic E-state index is -0.465. The predicted molar refractivity (Wildman–Crippen MR) is 239 cm³/mol. The Labute approximate surface area is 337 Å². The van der Waals surface area contributed by atoms with Crippen molar-refractivity contribution in [3.05, 3.63) is 212 Å². The molecule has 11 aromatic rings. The van der Waals surface area contributed by atoms with E-state index >= 15 is 0 Å². The van der Waals surface area contributed by atoms with Gasteiger partial charge in [0.2, 0.25) is 0 Å².